The second-order valence-electron chi connectivity index (χ2n) is 18.9. The highest BCUT2D eigenvalue weighted by Gasteiger charge is 2.67. The van der Waals surface area contributed by atoms with Gasteiger partial charge in [-0.3, -0.25) is 4.79 Å². The van der Waals surface area contributed by atoms with Crippen LogP contribution in [0.25, 0.3) is 16.5 Å². The van der Waals surface area contributed by atoms with Crippen LogP contribution in [0, 0.1) is 28.6 Å². The Morgan fingerprint density at radius 1 is 1.11 bits per heavy atom. The van der Waals surface area contributed by atoms with Gasteiger partial charge < -0.3 is 24.3 Å². The van der Waals surface area contributed by atoms with E-state index in [2.05, 4.69) is 84.4 Å². The number of aromatic nitrogens is 1. The van der Waals surface area contributed by atoms with E-state index in [1.807, 2.05) is 13.0 Å². The Bertz CT molecular complexity index is 2110. The fourth-order valence-corrected chi connectivity index (χ4v) is 13.0. The standard InChI is InChI=1S/C46H57NO6/c1-12-14-25(41(51)52-11)15-13-19-44(8)31-17-16-26-21-29-28-22-27-30-23-42(4,5)53-43(6,7)35(30)38(49)33(27)34-37(28)47(36(24(2)3)39(34)50)40(29)46(26,10)45(31,9)20-18-32(44)48/h12-13,15,19,22-23,26,31-32,35-36,38,48-49H,1-2,14,16-18,20-21H2,3-11H3/b19-13+,25-15+/t26?,31-,32-,35?,36-,38+,44-,45-,46+/m0/s1. The molecule has 2 unspecified atom stereocenters. The van der Waals surface area contributed by atoms with Gasteiger partial charge in [-0.1, -0.05) is 57.2 Å². The Morgan fingerprint density at radius 2 is 1.83 bits per heavy atom. The zero-order valence-corrected chi connectivity index (χ0v) is 33.1. The number of methoxy groups -OCH3 is 1. The number of esters is 1. The lowest BCUT2D eigenvalue weighted by molar-refractivity contribution is -0.144. The number of allylic oxidation sites excluding steroid dienone is 4. The molecule has 7 nitrogen and oxygen atoms in total. The molecule has 0 saturated heterocycles. The third kappa shape index (κ3) is 4.56. The summed E-state index contributed by atoms with van der Waals surface area (Å²) in [5, 5.41) is 25.1. The first-order chi connectivity index (χ1) is 24.8. The number of hydrogen-bond acceptors (Lipinski definition) is 6. The van der Waals surface area contributed by atoms with E-state index in [1.165, 1.54) is 18.4 Å². The van der Waals surface area contributed by atoms with Gasteiger partial charge in [0.25, 0.3) is 0 Å². The highest BCUT2D eigenvalue weighted by Crippen LogP contribution is 2.71. The predicted octanol–water partition coefficient (Wildman–Crippen LogP) is 8.83. The number of fused-ring (bicyclic) bond motifs is 11. The van der Waals surface area contributed by atoms with Gasteiger partial charge in [-0.15, -0.1) is 6.58 Å². The SMILES string of the molecule is C=CC/C(=C\C=C\[C@]1(C)[C@@H](O)CC[C@@]2(C)[C@H]1CCC1Cc3c(n4c5c(c6c(cc35)C3=CC(C)(C)OC(C)(C)C3[C@@H]6O)C(=O)[C@@H]4C(=C)C)[C@@]12C)C(=O)OC. The number of ether oxygens (including phenoxy) is 2. The maximum Gasteiger partial charge on any atom is 0.334 e. The van der Waals surface area contributed by atoms with Crippen molar-refractivity contribution in [3.63, 3.8) is 0 Å². The molecule has 7 heteroatoms. The number of carbonyl (C=O) groups is 2. The minimum absolute atomic E-state index is 0.0255. The maximum atomic E-state index is 14.9. The molecule has 3 heterocycles. The highest BCUT2D eigenvalue weighted by atomic mass is 16.5. The lowest BCUT2D eigenvalue weighted by Gasteiger charge is -2.64. The lowest BCUT2D eigenvalue weighted by Crippen LogP contribution is -2.62. The van der Waals surface area contributed by atoms with Gasteiger partial charge in [-0.25, -0.2) is 4.79 Å². The third-order valence-electron chi connectivity index (χ3n) is 15.2. The van der Waals surface area contributed by atoms with Gasteiger partial charge in [0.05, 0.1) is 41.6 Å². The quantitative estimate of drug-likeness (QED) is 0.134. The van der Waals surface area contributed by atoms with Crippen molar-refractivity contribution in [2.45, 2.75) is 129 Å². The van der Waals surface area contributed by atoms with Crippen molar-refractivity contribution in [2.75, 3.05) is 7.11 Å². The zero-order valence-electron chi connectivity index (χ0n) is 33.1. The van der Waals surface area contributed by atoms with E-state index in [-0.39, 0.29) is 34.4 Å². The van der Waals surface area contributed by atoms with Gasteiger partial charge in [0, 0.05) is 39.0 Å². The molecule has 0 amide bonds. The molecule has 1 aromatic carbocycles. The third-order valence-corrected chi connectivity index (χ3v) is 15.2. The summed E-state index contributed by atoms with van der Waals surface area (Å²) in [6.45, 7) is 25.5. The molecular formula is C46H57NO6. The monoisotopic (exact) mass is 719 g/mol. The minimum Gasteiger partial charge on any atom is -0.466 e. The number of benzene rings is 1. The molecule has 53 heavy (non-hydrogen) atoms. The molecule has 4 aliphatic carbocycles. The Balaban J connectivity index is 1.33. The molecule has 8 rings (SSSR count). The summed E-state index contributed by atoms with van der Waals surface area (Å²) in [5.41, 5.74) is 6.14. The second kappa shape index (κ2) is 11.5. The lowest BCUT2D eigenvalue weighted by atomic mass is 9.40. The van der Waals surface area contributed by atoms with Crippen LogP contribution in [0.15, 0.2) is 60.8 Å². The maximum absolute atomic E-state index is 14.9. The summed E-state index contributed by atoms with van der Waals surface area (Å²) in [5.74, 6) is -0.111. The van der Waals surface area contributed by atoms with Crippen LogP contribution in [-0.2, 0) is 26.1 Å². The zero-order chi connectivity index (χ0) is 38.4. The van der Waals surface area contributed by atoms with Crippen LogP contribution in [0.5, 0.6) is 0 Å². The van der Waals surface area contributed by atoms with Crippen LogP contribution in [0.1, 0.15) is 132 Å². The van der Waals surface area contributed by atoms with Crippen LogP contribution in [0.2, 0.25) is 0 Å². The predicted molar refractivity (Wildman–Crippen MR) is 209 cm³/mol. The number of carbonyl (C=O) groups excluding carboxylic acids is 2. The van der Waals surface area contributed by atoms with Crippen LogP contribution in [0.4, 0.5) is 0 Å². The molecule has 6 aliphatic rings. The van der Waals surface area contributed by atoms with Crippen LogP contribution >= 0.6 is 0 Å². The normalized spacial score (nSPS) is 37.5. The number of Topliss-reactive ketones (excluding diaryl/α,β-unsaturated/α-hetero) is 1. The molecule has 2 aliphatic heterocycles. The number of ketones is 1. The van der Waals surface area contributed by atoms with Crippen molar-refractivity contribution in [1.82, 2.24) is 4.57 Å². The second-order valence-corrected chi connectivity index (χ2v) is 18.9. The summed E-state index contributed by atoms with van der Waals surface area (Å²) < 4.78 is 13.9. The molecule has 282 valence electrons. The van der Waals surface area contributed by atoms with Crippen LogP contribution in [0.3, 0.4) is 0 Å². The molecule has 0 bridgehead atoms. The molecule has 0 spiro atoms. The Kier molecular flexibility index (Phi) is 7.91. The first-order valence-corrected chi connectivity index (χ1v) is 19.6. The van der Waals surface area contributed by atoms with E-state index in [1.54, 1.807) is 12.2 Å². The molecule has 2 aromatic rings. The molecule has 2 fully saturated rings. The van der Waals surface area contributed by atoms with Gasteiger partial charge in [0.2, 0.25) is 0 Å². The molecule has 2 N–H and O–H groups in total. The van der Waals surface area contributed by atoms with Crippen molar-refractivity contribution >= 4 is 28.2 Å². The number of nitrogens with zero attached hydrogens (tertiary/aromatic N) is 1. The average Bonchev–Trinajstić information content (AvgIpc) is 3.74. The van der Waals surface area contributed by atoms with Crippen LogP contribution in [-0.4, -0.2) is 50.9 Å². The van der Waals surface area contributed by atoms with Crippen molar-refractivity contribution in [1.29, 1.82) is 0 Å². The highest BCUT2D eigenvalue weighted by molar-refractivity contribution is 6.18. The molecule has 1 aromatic heterocycles. The Labute approximate surface area is 314 Å². The minimum atomic E-state index is -0.861. The summed E-state index contributed by atoms with van der Waals surface area (Å²) in [4.78, 5) is 27.4. The fourth-order valence-electron chi connectivity index (χ4n) is 13.0. The summed E-state index contributed by atoms with van der Waals surface area (Å²) in [6, 6.07) is 1.76. The van der Waals surface area contributed by atoms with Crippen molar-refractivity contribution in [3.05, 3.63) is 88.7 Å². The number of aliphatic hydroxyl groups excluding tert-OH is 2. The largest absolute Gasteiger partial charge is 0.466 e. The average molecular weight is 720 g/mol. The number of hydrogen-bond donors (Lipinski definition) is 2. The topological polar surface area (TPSA) is 98.0 Å². The van der Waals surface area contributed by atoms with E-state index in [0.29, 0.717) is 29.9 Å². The van der Waals surface area contributed by atoms with E-state index < -0.39 is 34.9 Å². The number of rotatable bonds is 6. The Hall–Kier alpha value is -3.52. The first-order valence-electron chi connectivity index (χ1n) is 19.6. The van der Waals surface area contributed by atoms with E-state index in [4.69, 9.17) is 9.47 Å². The Morgan fingerprint density at radius 3 is 2.49 bits per heavy atom. The van der Waals surface area contributed by atoms with Gasteiger partial charge in [-0.2, -0.15) is 0 Å². The van der Waals surface area contributed by atoms with Gasteiger partial charge in [-0.05, 0) is 119 Å². The van der Waals surface area contributed by atoms with E-state index >= 15 is 0 Å². The molecule has 9 atom stereocenters. The van der Waals surface area contributed by atoms with Crippen molar-refractivity contribution < 1.29 is 29.3 Å². The summed E-state index contributed by atoms with van der Waals surface area (Å²) in [7, 11) is 1.39. The van der Waals surface area contributed by atoms with Crippen molar-refractivity contribution in [2.24, 2.45) is 28.6 Å². The van der Waals surface area contributed by atoms with Gasteiger partial charge >= 0.3 is 5.97 Å². The van der Waals surface area contributed by atoms with E-state index in [0.717, 1.165) is 58.9 Å². The summed E-state index contributed by atoms with van der Waals surface area (Å²) in [6.07, 6.45) is 13.2. The fraction of sp³-hybridized carbons (Fsp3) is 0.565. The van der Waals surface area contributed by atoms with Gasteiger partial charge in [0.15, 0.2) is 5.78 Å². The van der Waals surface area contributed by atoms with Gasteiger partial charge in [0.1, 0.15) is 6.04 Å². The van der Waals surface area contributed by atoms with E-state index in [9.17, 15) is 19.8 Å². The molecule has 2 saturated carbocycles. The summed E-state index contributed by atoms with van der Waals surface area (Å²) >= 11 is 0. The molecular weight excluding hydrogens is 663 g/mol. The first kappa shape index (κ1) is 36.5. The molecule has 0 radical (unpaired) electrons. The van der Waals surface area contributed by atoms with Crippen molar-refractivity contribution in [3.8, 4) is 0 Å². The smallest absolute Gasteiger partial charge is 0.334 e. The van der Waals surface area contributed by atoms with Crippen LogP contribution < -0.4 is 0 Å². The number of aliphatic hydroxyl groups is 2.